The lowest BCUT2D eigenvalue weighted by molar-refractivity contribution is 0.475. The molecule has 4 nitrogen and oxygen atoms in total. The van der Waals surface area contributed by atoms with E-state index in [4.69, 9.17) is 10.5 Å². The van der Waals surface area contributed by atoms with Gasteiger partial charge in [0.1, 0.15) is 11.6 Å². The van der Waals surface area contributed by atoms with Gasteiger partial charge in [0.25, 0.3) is 0 Å². The zero-order valence-electron chi connectivity index (χ0n) is 8.85. The van der Waals surface area contributed by atoms with Crippen LogP contribution in [0.15, 0.2) is 30.6 Å². The van der Waals surface area contributed by atoms with E-state index < -0.39 is 0 Å². The van der Waals surface area contributed by atoms with Crippen molar-refractivity contribution in [3.8, 4) is 11.5 Å². The van der Waals surface area contributed by atoms with Gasteiger partial charge in [-0.15, -0.1) is 0 Å². The molecule has 2 rings (SSSR count). The molecule has 0 saturated carbocycles. The topological polar surface area (TPSA) is 53.1 Å². The Morgan fingerprint density at radius 1 is 1.38 bits per heavy atom. The molecule has 0 bridgehead atoms. The Morgan fingerprint density at radius 3 is 2.81 bits per heavy atom. The van der Waals surface area contributed by atoms with E-state index in [0.717, 1.165) is 0 Å². The van der Waals surface area contributed by atoms with E-state index in [1.54, 1.807) is 30.2 Å². The summed E-state index contributed by atoms with van der Waals surface area (Å²) in [6.07, 6.45) is 3.26. The number of hydrogen-bond acceptors (Lipinski definition) is 3. The highest BCUT2D eigenvalue weighted by Gasteiger charge is 2.03. The number of halogens is 1. The molecule has 0 amide bonds. The van der Waals surface area contributed by atoms with Crippen molar-refractivity contribution in [1.29, 1.82) is 0 Å². The van der Waals surface area contributed by atoms with Gasteiger partial charge in [-0.1, -0.05) is 0 Å². The summed E-state index contributed by atoms with van der Waals surface area (Å²) in [6.45, 7) is 0.279. The van der Waals surface area contributed by atoms with Crippen LogP contribution in [0.25, 0.3) is 0 Å². The number of nitrogens with two attached hydrogens (primary N) is 1. The van der Waals surface area contributed by atoms with Gasteiger partial charge in [0.15, 0.2) is 5.75 Å². The van der Waals surface area contributed by atoms with Crippen LogP contribution >= 0.6 is 0 Å². The smallest absolute Gasteiger partial charge is 0.165 e. The summed E-state index contributed by atoms with van der Waals surface area (Å²) in [6, 6.07) is 4.40. The van der Waals surface area contributed by atoms with Gasteiger partial charge in [0.05, 0.1) is 12.4 Å². The Balaban J connectivity index is 2.24. The van der Waals surface area contributed by atoms with Crippen molar-refractivity contribution in [1.82, 2.24) is 9.78 Å². The van der Waals surface area contributed by atoms with Gasteiger partial charge < -0.3 is 10.5 Å². The molecule has 0 aliphatic heterocycles. The average Bonchev–Trinajstić information content (AvgIpc) is 2.63. The highest BCUT2D eigenvalue weighted by atomic mass is 19.1. The van der Waals surface area contributed by atoms with E-state index in [1.807, 2.05) is 0 Å². The number of ether oxygens (including phenoxy) is 1. The fourth-order valence-corrected chi connectivity index (χ4v) is 1.39. The minimum absolute atomic E-state index is 0.279. The third-order valence-electron chi connectivity index (χ3n) is 2.08. The Morgan fingerprint density at radius 2 is 2.19 bits per heavy atom. The minimum Gasteiger partial charge on any atom is -0.454 e. The largest absolute Gasteiger partial charge is 0.454 e. The Bertz CT molecular complexity index is 496. The second kappa shape index (κ2) is 4.32. The van der Waals surface area contributed by atoms with E-state index >= 15 is 0 Å². The SMILES string of the molecule is Cn1cc(Oc2cc(F)cc(CN)c2)cn1. The van der Waals surface area contributed by atoms with Crippen molar-refractivity contribution < 1.29 is 9.13 Å². The van der Waals surface area contributed by atoms with Gasteiger partial charge in [-0.3, -0.25) is 4.68 Å². The van der Waals surface area contributed by atoms with Crippen LogP contribution in [0.4, 0.5) is 4.39 Å². The van der Waals surface area contributed by atoms with Crippen LogP contribution in [0, 0.1) is 5.82 Å². The van der Waals surface area contributed by atoms with Gasteiger partial charge in [0.2, 0.25) is 0 Å². The number of aromatic nitrogens is 2. The van der Waals surface area contributed by atoms with Crippen molar-refractivity contribution in [3.05, 3.63) is 42.0 Å². The van der Waals surface area contributed by atoms with Crippen molar-refractivity contribution in [2.45, 2.75) is 6.54 Å². The molecule has 0 unspecified atom stereocenters. The summed E-state index contributed by atoms with van der Waals surface area (Å²) < 4.78 is 20.2. The molecule has 1 heterocycles. The number of hydrogen-bond donors (Lipinski definition) is 1. The predicted octanol–water partition coefficient (Wildman–Crippen LogP) is 1.81. The van der Waals surface area contributed by atoms with Gasteiger partial charge in [-0.05, 0) is 17.7 Å². The van der Waals surface area contributed by atoms with E-state index in [2.05, 4.69) is 5.10 Å². The highest BCUT2D eigenvalue weighted by molar-refractivity contribution is 5.33. The molecule has 0 saturated heterocycles. The molecule has 84 valence electrons. The van der Waals surface area contributed by atoms with E-state index in [0.29, 0.717) is 17.1 Å². The van der Waals surface area contributed by atoms with Crippen LogP contribution in [0.5, 0.6) is 11.5 Å². The minimum atomic E-state index is -0.359. The van der Waals surface area contributed by atoms with Gasteiger partial charge in [-0.25, -0.2) is 4.39 Å². The molecule has 0 spiro atoms. The standard InChI is InChI=1S/C11H12FN3O/c1-15-7-11(6-14-15)16-10-3-8(5-13)2-9(12)4-10/h2-4,6-7H,5,13H2,1H3. The molecule has 1 aromatic heterocycles. The second-order valence-electron chi connectivity index (χ2n) is 3.45. The van der Waals surface area contributed by atoms with Crippen LogP contribution < -0.4 is 10.5 Å². The third-order valence-corrected chi connectivity index (χ3v) is 2.08. The molecule has 16 heavy (non-hydrogen) atoms. The summed E-state index contributed by atoms with van der Waals surface area (Å²) in [4.78, 5) is 0. The van der Waals surface area contributed by atoms with Gasteiger partial charge in [0, 0.05) is 19.7 Å². The van der Waals surface area contributed by atoms with E-state index in [-0.39, 0.29) is 12.4 Å². The maximum atomic E-state index is 13.2. The Kier molecular flexibility index (Phi) is 2.87. The third kappa shape index (κ3) is 2.38. The quantitative estimate of drug-likeness (QED) is 0.860. The summed E-state index contributed by atoms with van der Waals surface area (Å²) in [5.74, 6) is 0.631. The van der Waals surface area contributed by atoms with E-state index in [9.17, 15) is 4.39 Å². The second-order valence-corrected chi connectivity index (χ2v) is 3.45. The first-order valence-corrected chi connectivity index (χ1v) is 4.83. The molecule has 2 aromatic rings. The molecule has 0 aliphatic rings. The summed E-state index contributed by atoms with van der Waals surface area (Å²) in [5, 5.41) is 3.95. The Hall–Kier alpha value is -1.88. The predicted molar refractivity (Wildman–Crippen MR) is 57.6 cm³/mol. The summed E-state index contributed by atoms with van der Waals surface area (Å²) in [7, 11) is 1.78. The molecule has 0 fully saturated rings. The van der Waals surface area contributed by atoms with Crippen molar-refractivity contribution in [2.24, 2.45) is 12.8 Å². The van der Waals surface area contributed by atoms with Crippen molar-refractivity contribution in [2.75, 3.05) is 0 Å². The van der Waals surface area contributed by atoms with Crippen LogP contribution in [0.2, 0.25) is 0 Å². The number of nitrogens with zero attached hydrogens (tertiary/aromatic N) is 2. The number of aryl methyl sites for hydroxylation is 1. The maximum absolute atomic E-state index is 13.2. The summed E-state index contributed by atoms with van der Waals surface area (Å²) in [5.41, 5.74) is 6.14. The molecule has 0 aliphatic carbocycles. The van der Waals surface area contributed by atoms with Crippen LogP contribution in [-0.2, 0) is 13.6 Å². The van der Waals surface area contributed by atoms with Crippen molar-refractivity contribution in [3.63, 3.8) is 0 Å². The molecular weight excluding hydrogens is 209 g/mol. The number of rotatable bonds is 3. The molecule has 2 N–H and O–H groups in total. The molecule has 1 aromatic carbocycles. The van der Waals surface area contributed by atoms with Crippen LogP contribution in [-0.4, -0.2) is 9.78 Å². The first-order valence-electron chi connectivity index (χ1n) is 4.83. The van der Waals surface area contributed by atoms with Crippen molar-refractivity contribution >= 4 is 0 Å². The highest BCUT2D eigenvalue weighted by Crippen LogP contribution is 2.22. The summed E-state index contributed by atoms with van der Waals surface area (Å²) >= 11 is 0. The van der Waals surface area contributed by atoms with E-state index in [1.165, 1.54) is 12.1 Å². The number of benzene rings is 1. The fourth-order valence-electron chi connectivity index (χ4n) is 1.39. The van der Waals surface area contributed by atoms with Crippen LogP contribution in [0.3, 0.4) is 0 Å². The van der Waals surface area contributed by atoms with Gasteiger partial charge in [-0.2, -0.15) is 5.10 Å². The first kappa shape index (κ1) is 10.6. The zero-order valence-corrected chi connectivity index (χ0v) is 8.85. The monoisotopic (exact) mass is 221 g/mol. The van der Waals surface area contributed by atoms with Crippen LogP contribution in [0.1, 0.15) is 5.56 Å². The average molecular weight is 221 g/mol. The first-order chi connectivity index (χ1) is 7.67. The molecule has 5 heteroatoms. The molecule has 0 radical (unpaired) electrons. The molecule has 0 atom stereocenters. The maximum Gasteiger partial charge on any atom is 0.165 e. The normalized spacial score (nSPS) is 10.4. The zero-order chi connectivity index (χ0) is 11.5. The fraction of sp³-hybridized carbons (Fsp3) is 0.182. The lowest BCUT2D eigenvalue weighted by Crippen LogP contribution is -1.97. The lowest BCUT2D eigenvalue weighted by Gasteiger charge is -2.05. The Labute approximate surface area is 92.4 Å². The van der Waals surface area contributed by atoms with Gasteiger partial charge >= 0.3 is 0 Å². The lowest BCUT2D eigenvalue weighted by atomic mass is 10.2. The molecular formula is C11H12FN3O.